The van der Waals surface area contributed by atoms with Crippen LogP contribution in [0.2, 0.25) is 0 Å². The molecule has 0 fully saturated rings. The van der Waals surface area contributed by atoms with Gasteiger partial charge in [-0.25, -0.2) is 0 Å². The minimum atomic E-state index is 1.15. The van der Waals surface area contributed by atoms with E-state index in [9.17, 15) is 0 Å². The van der Waals surface area contributed by atoms with Gasteiger partial charge in [0, 0.05) is 16.8 Å². The van der Waals surface area contributed by atoms with Crippen molar-refractivity contribution in [1.82, 2.24) is 0 Å². The SMILES string of the molecule is c1ccc(N(c2ccccc2)c2ccc3c4cccc5cc6ccccc6c(c6cccc2c36)c54)cc1. The van der Waals surface area contributed by atoms with Crippen LogP contribution >= 0.6 is 0 Å². The smallest absolute Gasteiger partial charge is 0.0540 e. The first-order valence-corrected chi connectivity index (χ1v) is 12.8. The molecule has 0 aliphatic carbocycles. The van der Waals surface area contributed by atoms with E-state index in [1.54, 1.807) is 0 Å². The number of hydrogen-bond acceptors (Lipinski definition) is 1. The van der Waals surface area contributed by atoms with E-state index in [1.807, 2.05) is 0 Å². The summed E-state index contributed by atoms with van der Waals surface area (Å²) >= 11 is 0. The number of anilines is 3. The Morgan fingerprint density at radius 1 is 0.324 bits per heavy atom. The number of hydrogen-bond donors (Lipinski definition) is 0. The summed E-state index contributed by atoms with van der Waals surface area (Å²) in [5, 5.41) is 13.1. The highest BCUT2D eigenvalue weighted by molar-refractivity contribution is 6.38. The maximum absolute atomic E-state index is 2.38. The summed E-state index contributed by atoms with van der Waals surface area (Å²) in [7, 11) is 0. The van der Waals surface area contributed by atoms with Gasteiger partial charge in [0.25, 0.3) is 0 Å². The molecule has 0 aromatic heterocycles. The summed E-state index contributed by atoms with van der Waals surface area (Å²) in [6.07, 6.45) is 0. The maximum Gasteiger partial charge on any atom is 0.0540 e. The fourth-order valence-corrected chi connectivity index (χ4v) is 6.23. The van der Waals surface area contributed by atoms with Crippen LogP contribution in [0.3, 0.4) is 0 Å². The lowest BCUT2D eigenvalue weighted by Gasteiger charge is -2.28. The first-order valence-electron chi connectivity index (χ1n) is 12.8. The molecular formula is C36H23N. The molecule has 0 heterocycles. The molecule has 1 heteroatoms. The highest BCUT2D eigenvalue weighted by Crippen LogP contribution is 2.47. The number of rotatable bonds is 3. The monoisotopic (exact) mass is 469 g/mol. The molecule has 0 radical (unpaired) electrons. The van der Waals surface area contributed by atoms with Gasteiger partial charge < -0.3 is 4.90 Å². The topological polar surface area (TPSA) is 3.24 Å². The molecule has 0 unspecified atom stereocenters. The second kappa shape index (κ2) is 7.81. The summed E-state index contributed by atoms with van der Waals surface area (Å²) in [6.45, 7) is 0. The largest absolute Gasteiger partial charge is 0.310 e. The molecule has 8 aromatic rings. The maximum atomic E-state index is 2.38. The molecule has 8 rings (SSSR count). The van der Waals surface area contributed by atoms with Crippen molar-refractivity contribution in [3.05, 3.63) is 140 Å². The van der Waals surface area contributed by atoms with Gasteiger partial charge in [-0.05, 0) is 84.9 Å². The Kier molecular flexibility index (Phi) is 4.29. The van der Waals surface area contributed by atoms with Gasteiger partial charge in [-0.15, -0.1) is 0 Å². The summed E-state index contributed by atoms with van der Waals surface area (Å²) in [5.74, 6) is 0. The van der Waals surface area contributed by atoms with Crippen molar-refractivity contribution >= 4 is 70.9 Å². The molecule has 0 spiro atoms. The third-order valence-corrected chi connectivity index (χ3v) is 7.73. The van der Waals surface area contributed by atoms with E-state index in [2.05, 4.69) is 144 Å². The van der Waals surface area contributed by atoms with E-state index in [-0.39, 0.29) is 0 Å². The number of nitrogens with zero attached hydrogens (tertiary/aromatic N) is 1. The standard InChI is InChI=1S/C36H23N/c1-3-13-26(14-4-1)37(27-15-5-2-6-16-27)33-22-21-30-29-18-9-12-25-23-24-11-7-8-17-28(24)36(34(25)29)32-20-10-19-31(33)35(30)32/h1-23H. The van der Waals surface area contributed by atoms with Crippen molar-refractivity contribution in [2.75, 3.05) is 4.90 Å². The van der Waals surface area contributed by atoms with Gasteiger partial charge in [0.2, 0.25) is 0 Å². The molecule has 1 nitrogen and oxygen atoms in total. The quantitative estimate of drug-likeness (QED) is 0.184. The van der Waals surface area contributed by atoms with Crippen LogP contribution in [0.5, 0.6) is 0 Å². The Morgan fingerprint density at radius 2 is 0.892 bits per heavy atom. The Morgan fingerprint density at radius 3 is 1.68 bits per heavy atom. The van der Waals surface area contributed by atoms with Gasteiger partial charge in [-0.1, -0.05) is 103 Å². The first kappa shape index (κ1) is 20.3. The zero-order valence-electron chi connectivity index (χ0n) is 20.2. The molecule has 0 aliphatic rings. The summed E-state index contributed by atoms with van der Waals surface area (Å²) in [5.41, 5.74) is 3.49. The minimum Gasteiger partial charge on any atom is -0.310 e. The molecular weight excluding hydrogens is 446 g/mol. The average Bonchev–Trinajstić information content (AvgIpc) is 2.97. The van der Waals surface area contributed by atoms with E-state index in [0.717, 1.165) is 11.4 Å². The highest BCUT2D eigenvalue weighted by atomic mass is 15.1. The lowest BCUT2D eigenvalue weighted by Crippen LogP contribution is -2.10. The van der Waals surface area contributed by atoms with Crippen LogP contribution in [-0.2, 0) is 0 Å². The Balaban J connectivity index is 1.57. The normalized spacial score (nSPS) is 11.8. The van der Waals surface area contributed by atoms with Gasteiger partial charge in [0.15, 0.2) is 0 Å². The molecule has 0 bridgehead atoms. The molecule has 8 aromatic carbocycles. The fraction of sp³-hybridized carbons (Fsp3) is 0. The molecule has 172 valence electrons. The summed E-state index contributed by atoms with van der Waals surface area (Å²) in [4.78, 5) is 2.38. The highest BCUT2D eigenvalue weighted by Gasteiger charge is 2.20. The first-order chi connectivity index (χ1) is 18.4. The predicted octanol–water partition coefficient (Wildman–Crippen LogP) is 10.4. The predicted molar refractivity (Wildman–Crippen MR) is 160 cm³/mol. The fourth-order valence-electron chi connectivity index (χ4n) is 6.23. The van der Waals surface area contributed by atoms with Gasteiger partial charge in [0.1, 0.15) is 0 Å². The van der Waals surface area contributed by atoms with Gasteiger partial charge >= 0.3 is 0 Å². The Hall–Kier alpha value is -4.88. The van der Waals surface area contributed by atoms with Gasteiger partial charge in [-0.3, -0.25) is 0 Å². The second-order valence-corrected chi connectivity index (χ2v) is 9.74. The van der Waals surface area contributed by atoms with Crippen LogP contribution in [0, 0.1) is 0 Å². The zero-order valence-corrected chi connectivity index (χ0v) is 20.2. The van der Waals surface area contributed by atoms with E-state index < -0.39 is 0 Å². The van der Waals surface area contributed by atoms with Crippen LogP contribution in [-0.4, -0.2) is 0 Å². The van der Waals surface area contributed by atoms with Crippen LogP contribution in [0.1, 0.15) is 0 Å². The van der Waals surface area contributed by atoms with Crippen molar-refractivity contribution in [3.63, 3.8) is 0 Å². The van der Waals surface area contributed by atoms with E-state index in [4.69, 9.17) is 0 Å². The van der Waals surface area contributed by atoms with Crippen molar-refractivity contribution in [1.29, 1.82) is 0 Å². The second-order valence-electron chi connectivity index (χ2n) is 9.74. The number of fused-ring (bicyclic) bond motifs is 4. The van der Waals surface area contributed by atoms with Gasteiger partial charge in [0.05, 0.1) is 5.69 Å². The van der Waals surface area contributed by atoms with Crippen molar-refractivity contribution < 1.29 is 0 Å². The van der Waals surface area contributed by atoms with Crippen molar-refractivity contribution in [2.45, 2.75) is 0 Å². The third kappa shape index (κ3) is 2.92. The Labute approximate surface area is 215 Å². The molecule has 0 saturated carbocycles. The third-order valence-electron chi connectivity index (χ3n) is 7.73. The van der Waals surface area contributed by atoms with Crippen LogP contribution < -0.4 is 4.90 Å². The molecule has 37 heavy (non-hydrogen) atoms. The summed E-state index contributed by atoms with van der Waals surface area (Å²) in [6, 6.07) is 50.7. The molecule has 0 atom stereocenters. The minimum absolute atomic E-state index is 1.15. The molecule has 0 saturated heterocycles. The lowest BCUT2D eigenvalue weighted by atomic mass is 9.86. The van der Waals surface area contributed by atoms with E-state index in [0.29, 0.717) is 0 Å². The summed E-state index contributed by atoms with van der Waals surface area (Å²) < 4.78 is 0. The number of benzene rings is 8. The van der Waals surface area contributed by atoms with E-state index >= 15 is 0 Å². The van der Waals surface area contributed by atoms with Crippen molar-refractivity contribution in [3.8, 4) is 0 Å². The zero-order chi connectivity index (χ0) is 24.3. The van der Waals surface area contributed by atoms with Crippen LogP contribution in [0.4, 0.5) is 17.1 Å². The van der Waals surface area contributed by atoms with Gasteiger partial charge in [-0.2, -0.15) is 0 Å². The molecule has 0 amide bonds. The lowest BCUT2D eigenvalue weighted by molar-refractivity contribution is 1.30. The molecule has 0 aliphatic heterocycles. The van der Waals surface area contributed by atoms with E-state index in [1.165, 1.54) is 59.5 Å². The average molecular weight is 470 g/mol. The van der Waals surface area contributed by atoms with Crippen LogP contribution in [0.15, 0.2) is 140 Å². The van der Waals surface area contributed by atoms with Crippen LogP contribution in [0.25, 0.3) is 53.9 Å². The Bertz CT molecular complexity index is 2040. The van der Waals surface area contributed by atoms with Crippen molar-refractivity contribution in [2.24, 2.45) is 0 Å². The number of para-hydroxylation sites is 2. The molecule has 0 N–H and O–H groups in total.